The Bertz CT molecular complexity index is 617. The van der Waals surface area contributed by atoms with Crippen LogP contribution in [0.25, 0.3) is 0 Å². The van der Waals surface area contributed by atoms with Crippen LogP contribution in [0.3, 0.4) is 0 Å². The monoisotopic (exact) mass is 241 g/mol. The maximum atomic E-state index is 10.5. The molecule has 0 aliphatic carbocycles. The van der Waals surface area contributed by atoms with Crippen LogP contribution in [0.5, 0.6) is 11.5 Å². The lowest BCUT2D eigenvalue weighted by molar-refractivity contribution is -0.384. The summed E-state index contributed by atoms with van der Waals surface area (Å²) in [6.07, 6.45) is 2.90. The number of nitriles is 1. The highest BCUT2D eigenvalue weighted by Gasteiger charge is 2.07. The average Bonchev–Trinajstić information content (AvgIpc) is 2.40. The summed E-state index contributed by atoms with van der Waals surface area (Å²) in [6.45, 7) is 0. The molecule has 0 radical (unpaired) electrons. The molecular formula is C12H7N3O3. The zero-order valence-electron chi connectivity index (χ0n) is 9.11. The van der Waals surface area contributed by atoms with E-state index in [-0.39, 0.29) is 5.69 Å². The van der Waals surface area contributed by atoms with Gasteiger partial charge in [0.1, 0.15) is 11.8 Å². The third kappa shape index (κ3) is 2.41. The summed E-state index contributed by atoms with van der Waals surface area (Å²) < 4.78 is 5.43. The van der Waals surface area contributed by atoms with Crippen molar-refractivity contribution < 1.29 is 9.66 Å². The lowest BCUT2D eigenvalue weighted by atomic mass is 10.2. The summed E-state index contributed by atoms with van der Waals surface area (Å²) in [6, 6.07) is 9.09. The molecular weight excluding hydrogens is 234 g/mol. The predicted molar refractivity (Wildman–Crippen MR) is 62.1 cm³/mol. The third-order valence-corrected chi connectivity index (χ3v) is 2.18. The summed E-state index contributed by atoms with van der Waals surface area (Å²) in [5.74, 6) is 0.721. The van der Waals surface area contributed by atoms with Crippen LogP contribution in [0.4, 0.5) is 5.69 Å². The second-order valence-electron chi connectivity index (χ2n) is 3.34. The molecule has 0 N–H and O–H groups in total. The van der Waals surface area contributed by atoms with Crippen molar-refractivity contribution in [1.29, 1.82) is 5.26 Å². The summed E-state index contributed by atoms with van der Waals surface area (Å²) in [7, 11) is 0. The largest absolute Gasteiger partial charge is 0.454 e. The van der Waals surface area contributed by atoms with E-state index in [1.165, 1.54) is 42.7 Å². The van der Waals surface area contributed by atoms with E-state index in [2.05, 4.69) is 4.98 Å². The first-order chi connectivity index (χ1) is 8.70. The number of benzene rings is 1. The van der Waals surface area contributed by atoms with Crippen molar-refractivity contribution in [2.24, 2.45) is 0 Å². The SMILES string of the molecule is N#Cc1ccncc1Oc1ccc([N+](=O)[O-])cc1. The number of ether oxygens (including phenoxy) is 1. The molecule has 0 fully saturated rings. The third-order valence-electron chi connectivity index (χ3n) is 2.18. The molecule has 1 aromatic heterocycles. The molecule has 2 rings (SSSR count). The molecule has 88 valence electrons. The van der Waals surface area contributed by atoms with E-state index in [9.17, 15) is 10.1 Å². The second-order valence-corrected chi connectivity index (χ2v) is 3.34. The Morgan fingerprint density at radius 1 is 1.28 bits per heavy atom. The van der Waals surface area contributed by atoms with E-state index in [1.54, 1.807) is 0 Å². The van der Waals surface area contributed by atoms with E-state index in [0.29, 0.717) is 17.1 Å². The molecule has 0 bridgehead atoms. The van der Waals surface area contributed by atoms with E-state index in [1.807, 2.05) is 6.07 Å². The molecule has 0 saturated carbocycles. The van der Waals surface area contributed by atoms with Gasteiger partial charge in [-0.15, -0.1) is 0 Å². The van der Waals surface area contributed by atoms with Crippen LogP contribution >= 0.6 is 0 Å². The molecule has 1 aromatic carbocycles. The topological polar surface area (TPSA) is 89.0 Å². The minimum atomic E-state index is -0.492. The van der Waals surface area contributed by atoms with Gasteiger partial charge in [0.15, 0.2) is 5.75 Å². The van der Waals surface area contributed by atoms with Crippen LogP contribution in [-0.2, 0) is 0 Å². The first-order valence-corrected chi connectivity index (χ1v) is 4.97. The van der Waals surface area contributed by atoms with Gasteiger partial charge in [0.05, 0.1) is 16.7 Å². The highest BCUT2D eigenvalue weighted by Crippen LogP contribution is 2.25. The number of hydrogen-bond acceptors (Lipinski definition) is 5. The van der Waals surface area contributed by atoms with Crippen LogP contribution < -0.4 is 4.74 Å². The average molecular weight is 241 g/mol. The first-order valence-electron chi connectivity index (χ1n) is 4.97. The maximum Gasteiger partial charge on any atom is 0.269 e. The van der Waals surface area contributed by atoms with E-state index in [0.717, 1.165) is 0 Å². The Kier molecular flexibility index (Phi) is 3.16. The molecule has 0 amide bonds. The summed E-state index contributed by atoms with van der Waals surface area (Å²) >= 11 is 0. The number of aromatic nitrogens is 1. The molecule has 0 spiro atoms. The van der Waals surface area contributed by atoms with E-state index in [4.69, 9.17) is 10.00 Å². The van der Waals surface area contributed by atoms with Gasteiger partial charge < -0.3 is 4.74 Å². The minimum Gasteiger partial charge on any atom is -0.454 e. The molecule has 0 aliphatic heterocycles. The van der Waals surface area contributed by atoms with Crippen molar-refractivity contribution >= 4 is 5.69 Å². The maximum absolute atomic E-state index is 10.5. The molecule has 6 heteroatoms. The standard InChI is InChI=1S/C12H7N3O3/c13-7-9-5-6-14-8-12(9)18-11-3-1-10(2-4-11)15(16)17/h1-6,8H. The lowest BCUT2D eigenvalue weighted by Gasteiger charge is -2.05. The van der Waals surface area contributed by atoms with Crippen molar-refractivity contribution in [3.63, 3.8) is 0 Å². The summed E-state index contributed by atoms with van der Waals surface area (Å²) in [5.41, 5.74) is 0.331. The van der Waals surface area contributed by atoms with Gasteiger partial charge in [-0.1, -0.05) is 0 Å². The Morgan fingerprint density at radius 2 is 2.00 bits per heavy atom. The van der Waals surface area contributed by atoms with E-state index >= 15 is 0 Å². The molecule has 2 aromatic rings. The van der Waals surface area contributed by atoms with Gasteiger partial charge in [-0.25, -0.2) is 0 Å². The summed E-state index contributed by atoms with van der Waals surface area (Å²) in [4.78, 5) is 13.8. The molecule has 0 atom stereocenters. The van der Waals surface area contributed by atoms with Gasteiger partial charge in [-0.2, -0.15) is 5.26 Å². The minimum absolute atomic E-state index is 0.0194. The Balaban J connectivity index is 2.24. The van der Waals surface area contributed by atoms with Gasteiger partial charge in [-0.3, -0.25) is 15.1 Å². The van der Waals surface area contributed by atoms with Gasteiger partial charge in [-0.05, 0) is 18.2 Å². The quantitative estimate of drug-likeness (QED) is 0.608. The van der Waals surface area contributed by atoms with Crippen LogP contribution in [-0.4, -0.2) is 9.91 Å². The Morgan fingerprint density at radius 3 is 2.61 bits per heavy atom. The molecule has 0 saturated heterocycles. The highest BCUT2D eigenvalue weighted by molar-refractivity contribution is 5.44. The number of hydrogen-bond donors (Lipinski definition) is 0. The van der Waals surface area contributed by atoms with Crippen molar-refractivity contribution in [1.82, 2.24) is 4.98 Å². The number of nitro groups is 1. The zero-order valence-corrected chi connectivity index (χ0v) is 9.11. The predicted octanol–water partition coefficient (Wildman–Crippen LogP) is 2.65. The van der Waals surface area contributed by atoms with Crippen LogP contribution in [0.2, 0.25) is 0 Å². The smallest absolute Gasteiger partial charge is 0.269 e. The number of rotatable bonds is 3. The fourth-order valence-electron chi connectivity index (χ4n) is 1.32. The van der Waals surface area contributed by atoms with Crippen LogP contribution in [0, 0.1) is 21.4 Å². The molecule has 1 heterocycles. The van der Waals surface area contributed by atoms with E-state index < -0.39 is 4.92 Å². The van der Waals surface area contributed by atoms with Crippen molar-refractivity contribution in [3.8, 4) is 17.6 Å². The van der Waals surface area contributed by atoms with Crippen molar-refractivity contribution in [3.05, 3.63) is 58.4 Å². The van der Waals surface area contributed by atoms with Crippen molar-refractivity contribution in [2.45, 2.75) is 0 Å². The molecule has 0 aliphatic rings. The molecule has 0 unspecified atom stereocenters. The van der Waals surface area contributed by atoms with Gasteiger partial charge in [0, 0.05) is 18.3 Å². The fourth-order valence-corrected chi connectivity index (χ4v) is 1.32. The van der Waals surface area contributed by atoms with Crippen LogP contribution in [0.1, 0.15) is 5.56 Å². The van der Waals surface area contributed by atoms with Gasteiger partial charge in [0.2, 0.25) is 0 Å². The van der Waals surface area contributed by atoms with Gasteiger partial charge >= 0.3 is 0 Å². The zero-order chi connectivity index (χ0) is 13.0. The first kappa shape index (κ1) is 11.5. The summed E-state index contributed by atoms with van der Waals surface area (Å²) in [5, 5.41) is 19.3. The normalized spacial score (nSPS) is 9.50. The lowest BCUT2D eigenvalue weighted by Crippen LogP contribution is -1.90. The highest BCUT2D eigenvalue weighted by atomic mass is 16.6. The van der Waals surface area contributed by atoms with Crippen LogP contribution in [0.15, 0.2) is 42.7 Å². The Hall–Kier alpha value is -2.94. The number of nitro benzene ring substituents is 1. The number of non-ortho nitro benzene ring substituents is 1. The number of nitrogens with zero attached hydrogens (tertiary/aromatic N) is 3. The Labute approximate surface area is 102 Å². The molecule has 6 nitrogen and oxygen atoms in total. The fraction of sp³-hybridized carbons (Fsp3) is 0. The molecule has 18 heavy (non-hydrogen) atoms. The van der Waals surface area contributed by atoms with Crippen molar-refractivity contribution in [2.75, 3.05) is 0 Å². The van der Waals surface area contributed by atoms with Gasteiger partial charge in [0.25, 0.3) is 5.69 Å². The second kappa shape index (κ2) is 4.93. The number of pyridine rings is 1.